The highest BCUT2D eigenvalue weighted by atomic mass is 15.0. The van der Waals surface area contributed by atoms with Crippen molar-refractivity contribution < 1.29 is 0 Å². The third kappa shape index (κ3) is 4.26. The lowest BCUT2D eigenvalue weighted by Crippen LogP contribution is -2.04. The fourth-order valence-electron chi connectivity index (χ4n) is 9.50. The molecule has 0 aliphatic heterocycles. The van der Waals surface area contributed by atoms with E-state index in [0.29, 0.717) is 22.5 Å². The molecule has 0 unspecified atom stereocenters. The van der Waals surface area contributed by atoms with Gasteiger partial charge in [0.05, 0.1) is 55.6 Å². The minimum Gasteiger partial charge on any atom is -0.309 e. The van der Waals surface area contributed by atoms with E-state index >= 15 is 0 Å². The van der Waals surface area contributed by atoms with Crippen LogP contribution in [0.15, 0.2) is 176 Å². The Labute approximate surface area is 326 Å². The van der Waals surface area contributed by atoms with Crippen molar-refractivity contribution in [1.29, 1.82) is 10.5 Å². The molecule has 0 fully saturated rings. The minimum atomic E-state index is 0.481. The van der Waals surface area contributed by atoms with Crippen LogP contribution in [-0.4, -0.2) is 13.7 Å². The van der Waals surface area contributed by atoms with E-state index in [4.69, 9.17) is 0 Å². The summed E-state index contributed by atoms with van der Waals surface area (Å²) in [6, 6.07) is 66.4. The first kappa shape index (κ1) is 31.3. The number of aromatic nitrogens is 3. The second-order valence-electron chi connectivity index (χ2n) is 14.7. The summed E-state index contributed by atoms with van der Waals surface area (Å²) >= 11 is 0. The normalized spacial score (nSPS) is 11.8. The lowest BCUT2D eigenvalue weighted by atomic mass is 10.0. The van der Waals surface area contributed by atoms with Gasteiger partial charge in [0.1, 0.15) is 12.1 Å². The molecule has 0 amide bonds. The van der Waals surface area contributed by atoms with E-state index in [9.17, 15) is 10.5 Å². The monoisotopic (exact) mass is 723 g/mol. The molecule has 0 aliphatic rings. The Bertz CT molecular complexity index is 3730. The average Bonchev–Trinajstić information content (AvgIpc) is 3.91. The second kappa shape index (κ2) is 11.7. The standard InChI is InChI=1S/C52H29N5/c53-30-34-28-50(35(31-54)27-49(34)56-45-20-10-7-17-41(45)51-37-13-3-1-11-32(37)21-24-47(51)56)57-46-26-23-36(29-42(46)52-38-14-4-2-12-33(38)22-25-48(52)57)55-43-18-8-5-15-39(43)40-16-6-9-19-44(40)55/h1-29H. The molecule has 57 heavy (non-hydrogen) atoms. The van der Waals surface area contributed by atoms with E-state index < -0.39 is 0 Å². The Kier molecular flexibility index (Phi) is 6.41. The van der Waals surface area contributed by atoms with Gasteiger partial charge < -0.3 is 13.7 Å². The zero-order chi connectivity index (χ0) is 37.8. The molecule has 0 spiro atoms. The molecule has 5 heteroatoms. The summed E-state index contributed by atoms with van der Waals surface area (Å²) in [4.78, 5) is 0. The van der Waals surface area contributed by atoms with Crippen molar-refractivity contribution in [1.82, 2.24) is 13.7 Å². The van der Waals surface area contributed by atoms with Gasteiger partial charge in [-0.15, -0.1) is 0 Å². The van der Waals surface area contributed by atoms with Crippen molar-refractivity contribution in [3.05, 3.63) is 187 Å². The van der Waals surface area contributed by atoms with Crippen LogP contribution < -0.4 is 0 Å². The number of benzene rings is 9. The van der Waals surface area contributed by atoms with Crippen LogP contribution in [0.25, 0.3) is 104 Å². The van der Waals surface area contributed by atoms with E-state index in [1.165, 1.54) is 10.8 Å². The zero-order valence-corrected chi connectivity index (χ0v) is 30.5. The molecule has 3 aromatic heterocycles. The summed E-state index contributed by atoms with van der Waals surface area (Å²) in [5.74, 6) is 0. The Morgan fingerprint density at radius 2 is 0.719 bits per heavy atom. The van der Waals surface area contributed by atoms with Crippen LogP contribution in [-0.2, 0) is 0 Å². The first-order valence-corrected chi connectivity index (χ1v) is 19.1. The summed E-state index contributed by atoms with van der Waals surface area (Å²) in [6.45, 7) is 0. The van der Waals surface area contributed by atoms with Crippen LogP contribution in [0.2, 0.25) is 0 Å². The molecular weight excluding hydrogens is 695 g/mol. The van der Waals surface area contributed by atoms with Gasteiger partial charge in [0.25, 0.3) is 0 Å². The molecule has 0 aliphatic carbocycles. The van der Waals surface area contributed by atoms with Crippen LogP contribution in [0.4, 0.5) is 0 Å². The van der Waals surface area contributed by atoms with Gasteiger partial charge in [-0.25, -0.2) is 0 Å². The number of nitrogens with zero attached hydrogens (tertiary/aromatic N) is 5. The van der Waals surface area contributed by atoms with Crippen molar-refractivity contribution in [3.8, 4) is 29.2 Å². The van der Waals surface area contributed by atoms with Gasteiger partial charge in [-0.3, -0.25) is 0 Å². The molecule has 0 radical (unpaired) electrons. The maximum absolute atomic E-state index is 11.0. The topological polar surface area (TPSA) is 62.4 Å². The Morgan fingerprint density at radius 1 is 0.316 bits per heavy atom. The number of rotatable bonds is 3. The largest absolute Gasteiger partial charge is 0.309 e. The lowest BCUT2D eigenvalue weighted by molar-refractivity contribution is 1.12. The molecule has 9 aromatic carbocycles. The van der Waals surface area contributed by atoms with E-state index in [-0.39, 0.29) is 0 Å². The number of nitriles is 2. The highest BCUT2D eigenvalue weighted by Gasteiger charge is 2.23. The van der Waals surface area contributed by atoms with Crippen LogP contribution >= 0.6 is 0 Å². The highest BCUT2D eigenvalue weighted by molar-refractivity contribution is 6.23. The number of hydrogen-bond donors (Lipinski definition) is 0. The van der Waals surface area contributed by atoms with Crippen molar-refractivity contribution in [3.63, 3.8) is 0 Å². The molecule has 0 bridgehead atoms. The fourth-order valence-corrected chi connectivity index (χ4v) is 9.50. The van der Waals surface area contributed by atoms with Crippen molar-refractivity contribution in [2.24, 2.45) is 0 Å². The molecule has 12 rings (SSSR count). The van der Waals surface area contributed by atoms with Crippen molar-refractivity contribution >= 4 is 87.0 Å². The third-order valence-electron chi connectivity index (χ3n) is 11.9. The first-order chi connectivity index (χ1) is 28.2. The van der Waals surface area contributed by atoms with E-state index in [1.54, 1.807) is 0 Å². The quantitative estimate of drug-likeness (QED) is 0.182. The van der Waals surface area contributed by atoms with Crippen molar-refractivity contribution in [2.75, 3.05) is 0 Å². The predicted octanol–water partition coefficient (Wildman–Crippen LogP) is 13.0. The Hall–Kier alpha value is -8.12. The lowest BCUT2D eigenvalue weighted by Gasteiger charge is -2.16. The number of fused-ring (bicyclic) bond motifs is 13. The minimum absolute atomic E-state index is 0.481. The summed E-state index contributed by atoms with van der Waals surface area (Å²) in [5.41, 5.74) is 9.56. The molecule has 0 atom stereocenters. The fraction of sp³-hybridized carbons (Fsp3) is 0. The third-order valence-corrected chi connectivity index (χ3v) is 11.9. The van der Waals surface area contributed by atoms with Crippen LogP contribution in [0, 0.1) is 22.7 Å². The molecule has 0 saturated carbocycles. The van der Waals surface area contributed by atoms with Crippen LogP contribution in [0.1, 0.15) is 11.1 Å². The summed E-state index contributed by atoms with van der Waals surface area (Å²) < 4.78 is 6.67. The molecule has 5 nitrogen and oxygen atoms in total. The number of para-hydroxylation sites is 3. The van der Waals surface area contributed by atoms with Gasteiger partial charge >= 0.3 is 0 Å². The van der Waals surface area contributed by atoms with Gasteiger partial charge in [-0.2, -0.15) is 10.5 Å². The van der Waals surface area contributed by atoms with E-state index in [2.05, 4.69) is 184 Å². The van der Waals surface area contributed by atoms with Crippen molar-refractivity contribution in [2.45, 2.75) is 0 Å². The van der Waals surface area contributed by atoms with Gasteiger partial charge in [0.15, 0.2) is 0 Å². The highest BCUT2D eigenvalue weighted by Crippen LogP contribution is 2.42. The molecule has 0 N–H and O–H groups in total. The summed E-state index contributed by atoms with van der Waals surface area (Å²) in [7, 11) is 0. The summed E-state index contributed by atoms with van der Waals surface area (Å²) in [5, 5.41) is 33.3. The predicted molar refractivity (Wildman–Crippen MR) is 234 cm³/mol. The smallest absolute Gasteiger partial charge is 0.101 e. The van der Waals surface area contributed by atoms with Crippen LogP contribution in [0.3, 0.4) is 0 Å². The molecule has 3 heterocycles. The molecule has 262 valence electrons. The second-order valence-corrected chi connectivity index (χ2v) is 14.7. The molecule has 0 saturated heterocycles. The zero-order valence-electron chi connectivity index (χ0n) is 30.5. The van der Waals surface area contributed by atoms with Gasteiger partial charge in [-0.05, 0) is 82.2 Å². The summed E-state index contributed by atoms with van der Waals surface area (Å²) in [6.07, 6.45) is 0. The van der Waals surface area contributed by atoms with E-state index in [1.807, 2.05) is 18.2 Å². The number of hydrogen-bond acceptors (Lipinski definition) is 2. The Morgan fingerprint density at radius 3 is 1.25 bits per heavy atom. The molecular formula is C52H29N5. The van der Waals surface area contributed by atoms with Crippen LogP contribution in [0.5, 0.6) is 0 Å². The maximum atomic E-state index is 11.0. The average molecular weight is 724 g/mol. The van der Waals surface area contributed by atoms with E-state index in [0.717, 1.165) is 81.9 Å². The van der Waals surface area contributed by atoms with Gasteiger partial charge in [0, 0.05) is 38.0 Å². The van der Waals surface area contributed by atoms with Gasteiger partial charge in [-0.1, -0.05) is 115 Å². The Balaban J connectivity index is 1.16. The first-order valence-electron chi connectivity index (χ1n) is 19.1. The molecule has 12 aromatic rings. The van der Waals surface area contributed by atoms with Gasteiger partial charge in [0.2, 0.25) is 0 Å². The SMILES string of the molecule is N#Cc1cc(-n2c3ccc(-n4c5ccccc5c5ccccc54)cc3c3c4ccccc4ccc32)c(C#N)cc1-n1c2ccccc2c2c3ccccc3ccc21. The maximum Gasteiger partial charge on any atom is 0.101 e.